The monoisotopic (exact) mass is 320 g/mol. The van der Waals surface area contributed by atoms with Crippen LogP contribution >= 0.6 is 0 Å². The second-order valence-corrected chi connectivity index (χ2v) is 5.39. The second kappa shape index (κ2) is 8.29. The van der Waals surface area contributed by atoms with Crippen molar-refractivity contribution in [2.75, 3.05) is 32.7 Å². The third kappa shape index (κ3) is 8.17. The first-order chi connectivity index (χ1) is 9.94. The minimum atomic E-state index is -1.24. The van der Waals surface area contributed by atoms with Crippen molar-refractivity contribution in [2.24, 2.45) is 0 Å². The van der Waals surface area contributed by atoms with Gasteiger partial charge in [-0.05, 0) is 13.8 Å². The molecule has 10 nitrogen and oxygen atoms in total. The van der Waals surface area contributed by atoms with Gasteiger partial charge in [-0.2, -0.15) is 0 Å². The van der Waals surface area contributed by atoms with E-state index >= 15 is 0 Å². The summed E-state index contributed by atoms with van der Waals surface area (Å²) in [5.74, 6) is -4.95. The number of rotatable bonds is 11. The van der Waals surface area contributed by atoms with E-state index in [-0.39, 0.29) is 6.54 Å². The van der Waals surface area contributed by atoms with E-state index in [1.165, 1.54) is 13.8 Å². The lowest BCUT2D eigenvalue weighted by Gasteiger charge is -2.39. The van der Waals surface area contributed by atoms with Gasteiger partial charge < -0.3 is 20.4 Å². The minimum absolute atomic E-state index is 0.119. The van der Waals surface area contributed by atoms with E-state index in [1.54, 1.807) is 0 Å². The fourth-order valence-electron chi connectivity index (χ4n) is 2.01. The first-order valence-electron chi connectivity index (χ1n) is 6.28. The molecule has 0 fully saturated rings. The van der Waals surface area contributed by atoms with Crippen molar-refractivity contribution >= 4 is 23.9 Å². The van der Waals surface area contributed by atoms with Crippen LogP contribution in [0.15, 0.2) is 0 Å². The molecule has 0 aliphatic heterocycles. The Bertz CT molecular complexity index is 416. The van der Waals surface area contributed by atoms with Gasteiger partial charge in [-0.25, -0.2) is 0 Å². The predicted octanol–water partition coefficient (Wildman–Crippen LogP) is -1.29. The zero-order valence-electron chi connectivity index (χ0n) is 12.4. The number of carbonyl (C=O) groups is 4. The second-order valence-electron chi connectivity index (χ2n) is 5.39. The van der Waals surface area contributed by atoms with Crippen LogP contribution in [0.25, 0.3) is 0 Å². The number of hydrogen-bond acceptors (Lipinski definition) is 6. The zero-order chi connectivity index (χ0) is 17.5. The maximum absolute atomic E-state index is 10.8. The Labute approximate surface area is 126 Å². The molecule has 0 aromatic rings. The van der Waals surface area contributed by atoms with E-state index in [4.69, 9.17) is 20.4 Å². The SMILES string of the molecule is CC(C)(CN(CC(=O)O)CC(=O)O)N(CC(=O)O)CC(=O)O. The molecule has 0 spiro atoms. The molecular weight excluding hydrogens is 300 g/mol. The van der Waals surface area contributed by atoms with Crippen LogP contribution in [0.5, 0.6) is 0 Å². The highest BCUT2D eigenvalue weighted by Crippen LogP contribution is 2.16. The van der Waals surface area contributed by atoms with Gasteiger partial charge in [0.2, 0.25) is 0 Å². The molecule has 4 N–H and O–H groups in total. The van der Waals surface area contributed by atoms with Crippen molar-refractivity contribution in [3.8, 4) is 0 Å². The van der Waals surface area contributed by atoms with E-state index in [0.717, 1.165) is 9.80 Å². The molecule has 0 unspecified atom stereocenters. The molecule has 0 aliphatic rings. The van der Waals surface area contributed by atoms with Gasteiger partial charge >= 0.3 is 23.9 Å². The van der Waals surface area contributed by atoms with E-state index in [2.05, 4.69) is 0 Å². The maximum Gasteiger partial charge on any atom is 0.317 e. The number of hydrogen-bond donors (Lipinski definition) is 4. The molecule has 126 valence electrons. The van der Waals surface area contributed by atoms with Crippen molar-refractivity contribution < 1.29 is 39.6 Å². The number of carboxylic acids is 4. The molecule has 22 heavy (non-hydrogen) atoms. The van der Waals surface area contributed by atoms with Crippen LogP contribution in [0.2, 0.25) is 0 Å². The van der Waals surface area contributed by atoms with Crippen LogP contribution in [0.4, 0.5) is 0 Å². The van der Waals surface area contributed by atoms with Crippen molar-refractivity contribution in [3.05, 3.63) is 0 Å². The van der Waals surface area contributed by atoms with Crippen LogP contribution in [0.1, 0.15) is 13.8 Å². The molecule has 10 heteroatoms. The highest BCUT2D eigenvalue weighted by atomic mass is 16.4. The van der Waals surface area contributed by atoms with E-state index in [9.17, 15) is 19.2 Å². The summed E-state index contributed by atoms with van der Waals surface area (Å²) < 4.78 is 0. The molecular formula is C12H20N2O8. The lowest BCUT2D eigenvalue weighted by Crippen LogP contribution is -2.56. The third-order valence-electron chi connectivity index (χ3n) is 2.84. The average molecular weight is 320 g/mol. The van der Waals surface area contributed by atoms with Crippen molar-refractivity contribution in [1.82, 2.24) is 9.80 Å². The van der Waals surface area contributed by atoms with Crippen molar-refractivity contribution in [1.29, 1.82) is 0 Å². The molecule has 0 saturated heterocycles. The Morgan fingerprint density at radius 2 is 1.05 bits per heavy atom. The summed E-state index contributed by atoms with van der Waals surface area (Å²) >= 11 is 0. The number of aliphatic carboxylic acids is 4. The molecule has 0 aromatic heterocycles. The molecule has 0 radical (unpaired) electrons. The summed E-state index contributed by atoms with van der Waals surface area (Å²) in [4.78, 5) is 45.4. The van der Waals surface area contributed by atoms with Gasteiger partial charge in [0, 0.05) is 12.1 Å². The molecule has 0 amide bonds. The molecule has 0 rings (SSSR count). The molecule has 0 aliphatic carbocycles. The highest BCUT2D eigenvalue weighted by Gasteiger charge is 2.33. The topological polar surface area (TPSA) is 156 Å². The smallest absolute Gasteiger partial charge is 0.317 e. The summed E-state index contributed by atoms with van der Waals surface area (Å²) in [6, 6.07) is 0. The summed E-state index contributed by atoms with van der Waals surface area (Å²) in [6.45, 7) is 0.700. The van der Waals surface area contributed by atoms with Crippen LogP contribution in [-0.4, -0.2) is 92.4 Å². The molecule has 0 atom stereocenters. The Morgan fingerprint density at radius 3 is 1.32 bits per heavy atom. The standard InChI is InChI=1S/C12H20N2O8/c1-12(2,14(5-10(19)20)6-11(21)22)7-13(3-8(15)16)4-9(17)18/h3-7H2,1-2H3,(H,15,16)(H,17,18)(H,19,20)(H,21,22). The average Bonchev–Trinajstić information content (AvgIpc) is 2.23. The molecule has 0 saturated carbocycles. The minimum Gasteiger partial charge on any atom is -0.480 e. The summed E-state index contributed by atoms with van der Waals surface area (Å²) in [6.07, 6.45) is 0. The number of carboxylic acid groups (broad SMARTS) is 4. The molecule has 0 heterocycles. The normalized spacial score (nSPS) is 11.6. The fourth-order valence-corrected chi connectivity index (χ4v) is 2.01. The Balaban J connectivity index is 5.14. The predicted molar refractivity (Wildman–Crippen MR) is 72.6 cm³/mol. The van der Waals surface area contributed by atoms with Crippen LogP contribution in [0, 0.1) is 0 Å². The van der Waals surface area contributed by atoms with Crippen molar-refractivity contribution in [3.63, 3.8) is 0 Å². The van der Waals surface area contributed by atoms with E-state index < -0.39 is 55.6 Å². The van der Waals surface area contributed by atoms with Gasteiger partial charge in [0.15, 0.2) is 0 Å². The van der Waals surface area contributed by atoms with Crippen LogP contribution < -0.4 is 0 Å². The van der Waals surface area contributed by atoms with Crippen LogP contribution in [-0.2, 0) is 19.2 Å². The van der Waals surface area contributed by atoms with E-state index in [0.29, 0.717) is 0 Å². The number of nitrogens with zero attached hydrogens (tertiary/aromatic N) is 2. The van der Waals surface area contributed by atoms with Gasteiger partial charge in [-0.15, -0.1) is 0 Å². The first kappa shape index (κ1) is 19.8. The van der Waals surface area contributed by atoms with Crippen LogP contribution in [0.3, 0.4) is 0 Å². The highest BCUT2D eigenvalue weighted by molar-refractivity contribution is 5.73. The quantitative estimate of drug-likeness (QED) is 0.361. The Kier molecular flexibility index (Phi) is 7.46. The van der Waals surface area contributed by atoms with Gasteiger partial charge in [0.1, 0.15) is 0 Å². The van der Waals surface area contributed by atoms with Crippen molar-refractivity contribution in [2.45, 2.75) is 19.4 Å². The molecule has 0 bridgehead atoms. The maximum atomic E-state index is 10.8. The summed E-state index contributed by atoms with van der Waals surface area (Å²) in [7, 11) is 0. The fraction of sp³-hybridized carbons (Fsp3) is 0.667. The zero-order valence-corrected chi connectivity index (χ0v) is 12.4. The van der Waals surface area contributed by atoms with Gasteiger partial charge in [0.05, 0.1) is 26.2 Å². The lowest BCUT2D eigenvalue weighted by atomic mass is 10.0. The van der Waals surface area contributed by atoms with Gasteiger partial charge in [-0.3, -0.25) is 29.0 Å². The Morgan fingerprint density at radius 1 is 0.727 bits per heavy atom. The molecule has 0 aromatic carbocycles. The van der Waals surface area contributed by atoms with Gasteiger partial charge in [-0.1, -0.05) is 0 Å². The first-order valence-corrected chi connectivity index (χ1v) is 6.28. The third-order valence-corrected chi connectivity index (χ3v) is 2.84. The van der Waals surface area contributed by atoms with E-state index in [1.807, 2.05) is 0 Å². The Hall–Kier alpha value is -2.20. The summed E-state index contributed by atoms with van der Waals surface area (Å²) in [5, 5.41) is 35.3. The summed E-state index contributed by atoms with van der Waals surface area (Å²) in [5.41, 5.74) is -1.05. The lowest BCUT2D eigenvalue weighted by molar-refractivity contribution is -0.148. The van der Waals surface area contributed by atoms with Gasteiger partial charge in [0.25, 0.3) is 0 Å². The largest absolute Gasteiger partial charge is 0.480 e.